The largest absolute Gasteiger partial charge is 0.276 e. The molecule has 0 aliphatic carbocycles. The topological polar surface area (TPSA) is 95.7 Å². The number of nitrogens with one attached hydrogen (secondary N) is 1. The zero-order valence-corrected chi connectivity index (χ0v) is 10.2. The molecule has 0 aliphatic heterocycles. The lowest BCUT2D eigenvalue weighted by molar-refractivity contribution is 0.593. The molecule has 1 heterocycles. The van der Waals surface area contributed by atoms with Crippen molar-refractivity contribution >= 4 is 15.7 Å². The van der Waals surface area contributed by atoms with Crippen LogP contribution in [0.15, 0.2) is 41.8 Å². The van der Waals surface area contributed by atoms with Crippen LogP contribution in [0.2, 0.25) is 0 Å². The predicted molar refractivity (Wildman–Crippen MR) is 64.0 cm³/mol. The van der Waals surface area contributed by atoms with Crippen molar-refractivity contribution in [1.82, 2.24) is 9.97 Å². The molecule has 19 heavy (non-hydrogen) atoms. The van der Waals surface area contributed by atoms with Gasteiger partial charge in [-0.15, -0.1) is 0 Å². The third kappa shape index (κ3) is 2.66. The Balaban J connectivity index is 2.47. The molecule has 0 saturated heterocycles. The van der Waals surface area contributed by atoms with E-state index >= 15 is 0 Å². The number of hydrogen-bond donors (Lipinski definition) is 1. The molecule has 96 valence electrons. The van der Waals surface area contributed by atoms with Gasteiger partial charge < -0.3 is 0 Å². The highest BCUT2D eigenvalue weighted by atomic mass is 32.2. The first-order valence-electron chi connectivity index (χ1n) is 5.01. The van der Waals surface area contributed by atoms with Gasteiger partial charge in [-0.25, -0.2) is 22.8 Å². The number of aromatic nitrogens is 2. The maximum absolute atomic E-state index is 13.4. The highest BCUT2D eigenvalue weighted by molar-refractivity contribution is 7.92. The normalized spacial score (nSPS) is 10.7. The van der Waals surface area contributed by atoms with Crippen molar-refractivity contribution in [3.63, 3.8) is 0 Å². The van der Waals surface area contributed by atoms with E-state index in [9.17, 15) is 12.8 Å². The van der Waals surface area contributed by atoms with Crippen LogP contribution in [-0.4, -0.2) is 18.4 Å². The third-order valence-electron chi connectivity index (χ3n) is 2.19. The lowest BCUT2D eigenvalue weighted by Crippen LogP contribution is -2.15. The van der Waals surface area contributed by atoms with Crippen LogP contribution < -0.4 is 4.72 Å². The number of benzene rings is 1. The Morgan fingerprint density at radius 3 is 2.58 bits per heavy atom. The van der Waals surface area contributed by atoms with Crippen molar-refractivity contribution in [2.45, 2.75) is 4.90 Å². The molecule has 1 aromatic heterocycles. The summed E-state index contributed by atoms with van der Waals surface area (Å²) in [6, 6.07) is 4.91. The number of anilines is 1. The smallest absolute Gasteiger partial charge is 0.263 e. The summed E-state index contributed by atoms with van der Waals surface area (Å²) in [5.74, 6) is -0.894. The summed E-state index contributed by atoms with van der Waals surface area (Å²) in [7, 11) is -4.07. The summed E-state index contributed by atoms with van der Waals surface area (Å²) >= 11 is 0. The zero-order chi connectivity index (χ0) is 13.9. The minimum Gasteiger partial charge on any atom is -0.276 e. The van der Waals surface area contributed by atoms with Gasteiger partial charge in [0.25, 0.3) is 10.0 Å². The van der Waals surface area contributed by atoms with Crippen molar-refractivity contribution in [1.29, 1.82) is 5.26 Å². The number of rotatable bonds is 3. The van der Waals surface area contributed by atoms with Gasteiger partial charge in [-0.1, -0.05) is 6.07 Å². The van der Waals surface area contributed by atoms with Crippen molar-refractivity contribution < 1.29 is 12.8 Å². The molecule has 6 nitrogen and oxygen atoms in total. The summed E-state index contributed by atoms with van der Waals surface area (Å²) < 4.78 is 39.6. The molecule has 1 N–H and O–H groups in total. The predicted octanol–water partition coefficient (Wildman–Crippen LogP) is 1.29. The van der Waals surface area contributed by atoms with Gasteiger partial charge in [0.1, 0.15) is 28.7 Å². The summed E-state index contributed by atoms with van der Waals surface area (Å²) in [5, 5.41) is 8.82. The van der Waals surface area contributed by atoms with E-state index in [0.29, 0.717) is 0 Å². The highest BCUT2D eigenvalue weighted by Crippen LogP contribution is 2.20. The van der Waals surface area contributed by atoms with E-state index in [1.165, 1.54) is 30.9 Å². The minimum absolute atomic E-state index is 0.121. The quantitative estimate of drug-likeness (QED) is 0.912. The Morgan fingerprint density at radius 2 is 1.95 bits per heavy atom. The van der Waals surface area contributed by atoms with Crippen LogP contribution in [0.1, 0.15) is 5.56 Å². The van der Waals surface area contributed by atoms with Gasteiger partial charge in [-0.2, -0.15) is 5.26 Å². The van der Waals surface area contributed by atoms with Crippen LogP contribution in [-0.2, 0) is 10.0 Å². The van der Waals surface area contributed by atoms with E-state index in [4.69, 9.17) is 5.26 Å². The first-order valence-corrected chi connectivity index (χ1v) is 6.49. The molecule has 0 amide bonds. The van der Waals surface area contributed by atoms with Gasteiger partial charge in [-0.3, -0.25) is 4.72 Å². The molecular formula is C11H7FN4O2S. The van der Waals surface area contributed by atoms with E-state index in [1.807, 2.05) is 0 Å². The Bertz CT molecular complexity index is 741. The van der Waals surface area contributed by atoms with Crippen LogP contribution in [0.4, 0.5) is 10.1 Å². The zero-order valence-electron chi connectivity index (χ0n) is 9.41. The van der Waals surface area contributed by atoms with Gasteiger partial charge in [0.15, 0.2) is 0 Å². The molecule has 0 aliphatic rings. The van der Waals surface area contributed by atoms with E-state index in [2.05, 4.69) is 14.7 Å². The van der Waals surface area contributed by atoms with Crippen LogP contribution >= 0.6 is 0 Å². The van der Waals surface area contributed by atoms with Crippen molar-refractivity contribution in [2.24, 2.45) is 0 Å². The standard InChI is InChI=1S/C11H7FN4O2S/c12-10-2-1-3-11(9(10)4-13)19(17,18)16-8-5-14-7-15-6-8/h1-3,5-7,16H. The van der Waals surface area contributed by atoms with Crippen molar-refractivity contribution in [3.05, 3.63) is 48.3 Å². The first kappa shape index (κ1) is 12.9. The fourth-order valence-electron chi connectivity index (χ4n) is 1.40. The molecule has 8 heteroatoms. The van der Waals surface area contributed by atoms with Crippen LogP contribution in [0.25, 0.3) is 0 Å². The van der Waals surface area contributed by atoms with E-state index in [0.717, 1.165) is 12.1 Å². The fraction of sp³-hybridized carbons (Fsp3) is 0. The summed E-state index contributed by atoms with van der Waals surface area (Å²) in [6.07, 6.45) is 3.73. The average molecular weight is 278 g/mol. The summed E-state index contributed by atoms with van der Waals surface area (Å²) in [4.78, 5) is 6.86. The van der Waals surface area contributed by atoms with Crippen LogP contribution in [0, 0.1) is 17.1 Å². The highest BCUT2D eigenvalue weighted by Gasteiger charge is 2.21. The van der Waals surface area contributed by atoms with Gasteiger partial charge in [0, 0.05) is 0 Å². The molecule has 1 aromatic carbocycles. The number of hydrogen-bond acceptors (Lipinski definition) is 5. The van der Waals surface area contributed by atoms with Crippen molar-refractivity contribution in [3.8, 4) is 6.07 Å². The van der Waals surface area contributed by atoms with Crippen LogP contribution in [0.5, 0.6) is 0 Å². The molecule has 0 fully saturated rings. The molecule has 0 spiro atoms. The molecule has 2 aromatic rings. The molecule has 0 atom stereocenters. The number of nitriles is 1. The maximum Gasteiger partial charge on any atom is 0.263 e. The monoisotopic (exact) mass is 278 g/mol. The summed E-state index contributed by atoms with van der Waals surface area (Å²) in [6.45, 7) is 0. The number of nitrogens with zero attached hydrogens (tertiary/aromatic N) is 3. The van der Waals surface area contributed by atoms with E-state index in [-0.39, 0.29) is 5.69 Å². The minimum atomic E-state index is -4.07. The van der Waals surface area contributed by atoms with E-state index in [1.54, 1.807) is 0 Å². The molecular weight excluding hydrogens is 271 g/mol. The molecule has 0 bridgehead atoms. The lowest BCUT2D eigenvalue weighted by Gasteiger charge is -2.08. The van der Waals surface area contributed by atoms with E-state index < -0.39 is 26.3 Å². The fourth-order valence-corrected chi connectivity index (χ4v) is 2.59. The molecule has 0 unspecified atom stereocenters. The SMILES string of the molecule is N#Cc1c(F)cccc1S(=O)(=O)Nc1cncnc1. The molecule has 0 radical (unpaired) electrons. The Hall–Kier alpha value is -2.53. The average Bonchev–Trinajstić information content (AvgIpc) is 2.39. The number of sulfonamides is 1. The van der Waals surface area contributed by atoms with Gasteiger partial charge in [0.2, 0.25) is 0 Å². The van der Waals surface area contributed by atoms with Gasteiger partial charge in [-0.05, 0) is 12.1 Å². The Kier molecular flexibility index (Phi) is 3.39. The Morgan fingerprint density at radius 1 is 1.26 bits per heavy atom. The molecule has 2 rings (SSSR count). The first-order chi connectivity index (χ1) is 9.04. The number of halogens is 1. The lowest BCUT2D eigenvalue weighted by atomic mass is 10.2. The summed E-state index contributed by atoms with van der Waals surface area (Å²) in [5.41, 5.74) is -0.414. The second-order valence-electron chi connectivity index (χ2n) is 3.46. The molecule has 0 saturated carbocycles. The van der Waals surface area contributed by atoms with Crippen molar-refractivity contribution in [2.75, 3.05) is 4.72 Å². The second kappa shape index (κ2) is 4.99. The van der Waals surface area contributed by atoms with Gasteiger partial charge in [0.05, 0.1) is 18.1 Å². The van der Waals surface area contributed by atoms with Gasteiger partial charge >= 0.3 is 0 Å². The van der Waals surface area contributed by atoms with Crippen LogP contribution in [0.3, 0.4) is 0 Å². The maximum atomic E-state index is 13.4. The second-order valence-corrected chi connectivity index (χ2v) is 5.11. The third-order valence-corrected chi connectivity index (χ3v) is 3.61. The Labute approximate surface area is 108 Å².